The number of anilines is 1. The van der Waals surface area contributed by atoms with Gasteiger partial charge in [-0.15, -0.1) is 0 Å². The number of hydrogen-bond acceptors (Lipinski definition) is 6. The van der Waals surface area contributed by atoms with E-state index in [1.807, 2.05) is 49.4 Å². The third-order valence-corrected chi connectivity index (χ3v) is 4.42. The van der Waals surface area contributed by atoms with Gasteiger partial charge in [0, 0.05) is 5.56 Å². The molecule has 0 saturated heterocycles. The van der Waals surface area contributed by atoms with Gasteiger partial charge < -0.3 is 4.74 Å². The van der Waals surface area contributed by atoms with Crippen molar-refractivity contribution >= 4 is 12.2 Å². The van der Waals surface area contributed by atoms with Gasteiger partial charge in [0.1, 0.15) is 17.4 Å². The number of hydrogen-bond donors (Lipinski definition) is 2. The number of aromatic amines is 1. The molecule has 0 fully saturated rings. The van der Waals surface area contributed by atoms with Gasteiger partial charge in [0.25, 0.3) is 5.56 Å². The summed E-state index contributed by atoms with van der Waals surface area (Å²) in [6.45, 7) is 4.81. The average molecular weight is 401 g/mol. The molecule has 0 unspecified atom stereocenters. The first-order valence-electron chi connectivity index (χ1n) is 9.74. The average Bonchev–Trinajstić information content (AvgIpc) is 2.75. The van der Waals surface area contributed by atoms with Crippen LogP contribution in [-0.2, 0) is 0 Å². The van der Waals surface area contributed by atoms with Gasteiger partial charge in [-0.3, -0.25) is 9.78 Å². The van der Waals surface area contributed by atoms with Crippen molar-refractivity contribution in [3.8, 4) is 23.1 Å². The van der Waals surface area contributed by atoms with E-state index in [0.29, 0.717) is 17.9 Å². The van der Waals surface area contributed by atoms with Crippen LogP contribution in [0, 0.1) is 18.3 Å². The van der Waals surface area contributed by atoms with E-state index >= 15 is 0 Å². The van der Waals surface area contributed by atoms with Gasteiger partial charge in [-0.05, 0) is 42.7 Å². The Bertz CT molecular complexity index is 1130. The topological polar surface area (TPSA) is 103 Å². The summed E-state index contributed by atoms with van der Waals surface area (Å²) in [6, 6.07) is 16.8. The molecule has 0 saturated carbocycles. The van der Waals surface area contributed by atoms with Crippen LogP contribution in [-0.4, -0.2) is 22.8 Å². The fraction of sp³-hybridized carbons (Fsp3) is 0.217. The van der Waals surface area contributed by atoms with E-state index in [2.05, 4.69) is 27.4 Å². The molecule has 0 radical (unpaired) electrons. The minimum absolute atomic E-state index is 0.0370. The number of H-pyrrole nitrogens is 1. The van der Waals surface area contributed by atoms with E-state index in [0.717, 1.165) is 29.7 Å². The monoisotopic (exact) mass is 401 g/mol. The zero-order chi connectivity index (χ0) is 21.3. The smallest absolute Gasteiger partial charge is 0.270 e. The fourth-order valence-corrected chi connectivity index (χ4v) is 2.84. The Morgan fingerprint density at radius 2 is 2.07 bits per heavy atom. The summed E-state index contributed by atoms with van der Waals surface area (Å²) in [4.78, 5) is 19.2. The summed E-state index contributed by atoms with van der Waals surface area (Å²) >= 11 is 0. The zero-order valence-electron chi connectivity index (χ0n) is 17.0. The second-order valence-electron chi connectivity index (χ2n) is 6.71. The van der Waals surface area contributed by atoms with Crippen LogP contribution in [0.15, 0.2) is 58.4 Å². The number of nitrogens with zero attached hydrogens (tertiary/aromatic N) is 3. The molecule has 0 spiro atoms. The third-order valence-electron chi connectivity index (χ3n) is 4.42. The van der Waals surface area contributed by atoms with Gasteiger partial charge in [0.2, 0.25) is 5.95 Å². The SMILES string of the molecule is CCCCOc1ccc(C=NNc2nc(-c3ccccc3)c(C#N)c(=O)[nH]2)cc1C. The highest BCUT2D eigenvalue weighted by atomic mass is 16.5. The Kier molecular flexibility index (Phi) is 6.95. The van der Waals surface area contributed by atoms with Crippen LogP contribution in [0.4, 0.5) is 5.95 Å². The van der Waals surface area contributed by atoms with E-state index in [9.17, 15) is 10.1 Å². The molecule has 7 heteroatoms. The van der Waals surface area contributed by atoms with Gasteiger partial charge in [-0.25, -0.2) is 10.4 Å². The standard InChI is InChI=1S/C23H23N5O2/c1-3-4-12-30-20-11-10-17(13-16(20)2)15-25-28-23-26-21(18-8-6-5-7-9-18)19(14-24)22(29)27-23/h5-11,13,15H,3-4,12H2,1-2H3,(H2,26,27,28,29). The Labute approximate surface area is 175 Å². The first kappa shape index (κ1) is 20.8. The Morgan fingerprint density at radius 3 is 2.77 bits per heavy atom. The molecule has 7 nitrogen and oxygen atoms in total. The van der Waals surface area contributed by atoms with Crippen molar-refractivity contribution in [3.05, 3.63) is 75.6 Å². The lowest BCUT2D eigenvalue weighted by Gasteiger charge is -2.09. The van der Waals surface area contributed by atoms with Crippen molar-refractivity contribution in [1.82, 2.24) is 9.97 Å². The molecule has 1 aromatic heterocycles. The normalized spacial score (nSPS) is 10.7. The molecular weight excluding hydrogens is 378 g/mol. The molecular formula is C23H23N5O2. The molecule has 1 heterocycles. The largest absolute Gasteiger partial charge is 0.493 e. The first-order chi connectivity index (χ1) is 14.6. The second kappa shape index (κ2) is 10.0. The molecule has 30 heavy (non-hydrogen) atoms. The number of unbranched alkanes of at least 4 members (excludes halogenated alkanes) is 1. The van der Waals surface area contributed by atoms with Crippen LogP contribution < -0.4 is 15.7 Å². The molecule has 2 aromatic carbocycles. The maximum Gasteiger partial charge on any atom is 0.270 e. The lowest BCUT2D eigenvalue weighted by molar-refractivity contribution is 0.307. The zero-order valence-corrected chi connectivity index (χ0v) is 17.0. The van der Waals surface area contributed by atoms with Crippen molar-refractivity contribution in [2.24, 2.45) is 5.10 Å². The minimum atomic E-state index is -0.520. The van der Waals surface area contributed by atoms with Crippen molar-refractivity contribution in [2.75, 3.05) is 12.0 Å². The number of hydrazone groups is 1. The molecule has 0 bridgehead atoms. The number of ether oxygens (including phenoxy) is 1. The number of nitriles is 1. The first-order valence-corrected chi connectivity index (χ1v) is 9.74. The Balaban J connectivity index is 1.77. The number of rotatable bonds is 8. The number of aromatic nitrogens is 2. The van der Waals surface area contributed by atoms with Crippen molar-refractivity contribution in [2.45, 2.75) is 26.7 Å². The third kappa shape index (κ3) is 5.11. The second-order valence-corrected chi connectivity index (χ2v) is 6.71. The summed E-state index contributed by atoms with van der Waals surface area (Å²) in [7, 11) is 0. The van der Waals surface area contributed by atoms with Crippen molar-refractivity contribution < 1.29 is 4.74 Å². The predicted octanol–water partition coefficient (Wildman–Crippen LogP) is 4.24. The maximum atomic E-state index is 12.3. The molecule has 0 aliphatic heterocycles. The highest BCUT2D eigenvalue weighted by molar-refractivity contribution is 5.80. The summed E-state index contributed by atoms with van der Waals surface area (Å²) in [6.07, 6.45) is 3.74. The molecule has 0 amide bonds. The Morgan fingerprint density at radius 1 is 1.27 bits per heavy atom. The van der Waals surface area contributed by atoms with Gasteiger partial charge in [-0.1, -0.05) is 43.7 Å². The van der Waals surface area contributed by atoms with Crippen LogP contribution in [0.3, 0.4) is 0 Å². The fourth-order valence-electron chi connectivity index (χ4n) is 2.84. The predicted molar refractivity (Wildman–Crippen MR) is 118 cm³/mol. The van der Waals surface area contributed by atoms with Crippen molar-refractivity contribution in [3.63, 3.8) is 0 Å². The van der Waals surface area contributed by atoms with E-state index in [1.165, 1.54) is 0 Å². The van der Waals surface area contributed by atoms with E-state index in [-0.39, 0.29) is 11.5 Å². The van der Waals surface area contributed by atoms with Crippen LogP contribution in [0.25, 0.3) is 11.3 Å². The van der Waals surface area contributed by atoms with Gasteiger partial charge in [0.05, 0.1) is 18.5 Å². The molecule has 0 aliphatic carbocycles. The lowest BCUT2D eigenvalue weighted by atomic mass is 10.1. The molecule has 0 atom stereocenters. The van der Waals surface area contributed by atoms with Gasteiger partial charge in [-0.2, -0.15) is 10.4 Å². The van der Waals surface area contributed by atoms with Crippen LogP contribution in [0.1, 0.15) is 36.5 Å². The molecule has 3 rings (SSSR count). The Hall–Kier alpha value is -3.92. The number of nitrogens with one attached hydrogen (secondary N) is 2. The van der Waals surface area contributed by atoms with Crippen LogP contribution >= 0.6 is 0 Å². The summed E-state index contributed by atoms with van der Waals surface area (Å²) in [5, 5.41) is 13.5. The summed E-state index contributed by atoms with van der Waals surface area (Å²) in [5.41, 5.74) is 5.06. The summed E-state index contributed by atoms with van der Waals surface area (Å²) < 4.78 is 5.76. The van der Waals surface area contributed by atoms with E-state index in [4.69, 9.17) is 4.74 Å². The number of aryl methyl sites for hydroxylation is 1. The number of benzene rings is 2. The lowest BCUT2D eigenvalue weighted by Crippen LogP contribution is -2.16. The highest BCUT2D eigenvalue weighted by Gasteiger charge is 2.12. The van der Waals surface area contributed by atoms with E-state index in [1.54, 1.807) is 18.3 Å². The molecule has 0 aliphatic rings. The van der Waals surface area contributed by atoms with Gasteiger partial charge in [0.15, 0.2) is 0 Å². The van der Waals surface area contributed by atoms with E-state index < -0.39 is 5.56 Å². The quantitative estimate of drug-likeness (QED) is 0.334. The molecule has 152 valence electrons. The highest BCUT2D eigenvalue weighted by Crippen LogP contribution is 2.20. The van der Waals surface area contributed by atoms with Crippen LogP contribution in [0.5, 0.6) is 5.75 Å². The minimum Gasteiger partial charge on any atom is -0.493 e. The van der Waals surface area contributed by atoms with Gasteiger partial charge >= 0.3 is 0 Å². The summed E-state index contributed by atoms with van der Waals surface area (Å²) in [5.74, 6) is 1.02. The molecule has 3 aromatic rings. The van der Waals surface area contributed by atoms with Crippen molar-refractivity contribution in [1.29, 1.82) is 5.26 Å². The maximum absolute atomic E-state index is 12.3. The van der Waals surface area contributed by atoms with Crippen LogP contribution in [0.2, 0.25) is 0 Å². The molecule has 2 N–H and O–H groups in total.